The van der Waals surface area contributed by atoms with E-state index in [0.717, 1.165) is 48.5 Å². The Bertz CT molecular complexity index is 922. The van der Waals surface area contributed by atoms with Gasteiger partial charge in [-0.3, -0.25) is 4.79 Å². The molecular formula is C20H26N4O. The van der Waals surface area contributed by atoms with Crippen molar-refractivity contribution in [2.24, 2.45) is 7.05 Å². The van der Waals surface area contributed by atoms with E-state index in [0.29, 0.717) is 5.39 Å². The molecule has 5 heteroatoms. The van der Waals surface area contributed by atoms with Crippen molar-refractivity contribution >= 4 is 11.0 Å². The molecule has 0 spiro atoms. The van der Waals surface area contributed by atoms with E-state index in [1.807, 2.05) is 46.6 Å². The zero-order valence-electron chi connectivity index (χ0n) is 15.5. The Morgan fingerprint density at radius 3 is 2.48 bits per heavy atom. The first kappa shape index (κ1) is 17.4. The molecule has 3 aromatic rings. The molecule has 132 valence electrons. The summed E-state index contributed by atoms with van der Waals surface area (Å²) in [5.41, 5.74) is 2.44. The van der Waals surface area contributed by atoms with Gasteiger partial charge in [0.25, 0.3) is 5.56 Å². The van der Waals surface area contributed by atoms with Crippen molar-refractivity contribution < 1.29 is 0 Å². The summed E-state index contributed by atoms with van der Waals surface area (Å²) in [5, 5.41) is 5.41. The van der Waals surface area contributed by atoms with Crippen LogP contribution in [0, 0.1) is 0 Å². The molecular weight excluding hydrogens is 312 g/mol. The average molecular weight is 338 g/mol. The van der Waals surface area contributed by atoms with Crippen LogP contribution >= 0.6 is 0 Å². The number of para-hydroxylation sites is 1. The zero-order valence-corrected chi connectivity index (χ0v) is 15.5. The van der Waals surface area contributed by atoms with E-state index in [1.165, 1.54) is 0 Å². The van der Waals surface area contributed by atoms with Crippen molar-refractivity contribution in [3.05, 3.63) is 52.2 Å². The molecule has 2 heterocycles. The SMILES string of the molecule is CCCCCc1nc(=O)c2c(C(C)C)nn(-c3ccccc3)c2n1C. The van der Waals surface area contributed by atoms with E-state index in [4.69, 9.17) is 5.10 Å². The monoisotopic (exact) mass is 338 g/mol. The second-order valence-corrected chi connectivity index (χ2v) is 6.84. The quantitative estimate of drug-likeness (QED) is 0.639. The zero-order chi connectivity index (χ0) is 18.0. The lowest BCUT2D eigenvalue weighted by Crippen LogP contribution is -2.18. The lowest BCUT2D eigenvalue weighted by Gasteiger charge is -2.11. The molecule has 0 aliphatic heterocycles. The molecule has 1 aromatic carbocycles. The van der Waals surface area contributed by atoms with Crippen LogP contribution in [0.15, 0.2) is 35.1 Å². The number of nitrogens with zero attached hydrogens (tertiary/aromatic N) is 4. The molecule has 0 fully saturated rings. The fourth-order valence-corrected chi connectivity index (χ4v) is 3.22. The van der Waals surface area contributed by atoms with Crippen LogP contribution in [0.2, 0.25) is 0 Å². The van der Waals surface area contributed by atoms with E-state index in [2.05, 4.69) is 25.8 Å². The first-order chi connectivity index (χ1) is 12.0. The molecule has 0 saturated carbocycles. The standard InChI is InChI=1S/C20H26N4O/c1-5-6-8-13-16-21-19(25)17-18(14(2)3)22-24(20(17)23(16)4)15-11-9-7-10-12-15/h7,9-12,14H,5-6,8,13H2,1-4H3. The highest BCUT2D eigenvalue weighted by atomic mass is 16.1. The molecule has 0 unspecified atom stereocenters. The van der Waals surface area contributed by atoms with E-state index in [-0.39, 0.29) is 11.5 Å². The maximum Gasteiger partial charge on any atom is 0.284 e. The van der Waals surface area contributed by atoms with Crippen molar-refractivity contribution in [3.63, 3.8) is 0 Å². The summed E-state index contributed by atoms with van der Waals surface area (Å²) in [5.74, 6) is 0.992. The first-order valence-electron chi connectivity index (χ1n) is 9.08. The van der Waals surface area contributed by atoms with Crippen molar-refractivity contribution in [3.8, 4) is 5.69 Å². The molecule has 5 nitrogen and oxygen atoms in total. The molecule has 0 atom stereocenters. The van der Waals surface area contributed by atoms with Gasteiger partial charge in [-0.15, -0.1) is 0 Å². The third-order valence-electron chi connectivity index (χ3n) is 4.59. The van der Waals surface area contributed by atoms with Crippen LogP contribution in [0.5, 0.6) is 0 Å². The van der Waals surface area contributed by atoms with Gasteiger partial charge >= 0.3 is 0 Å². The number of hydrogen-bond donors (Lipinski definition) is 0. The summed E-state index contributed by atoms with van der Waals surface area (Å²) in [6, 6.07) is 9.98. The second kappa shape index (κ2) is 7.21. The lowest BCUT2D eigenvalue weighted by molar-refractivity contribution is 0.658. The molecule has 0 amide bonds. The summed E-state index contributed by atoms with van der Waals surface area (Å²) in [6.07, 6.45) is 4.14. The summed E-state index contributed by atoms with van der Waals surface area (Å²) in [6.45, 7) is 6.30. The summed E-state index contributed by atoms with van der Waals surface area (Å²) < 4.78 is 3.93. The number of unbranched alkanes of at least 4 members (excludes halogenated alkanes) is 2. The molecule has 0 radical (unpaired) electrons. The van der Waals surface area contributed by atoms with Crippen molar-refractivity contribution in [2.75, 3.05) is 0 Å². The minimum absolute atomic E-state index is 0.160. The highest BCUT2D eigenvalue weighted by molar-refractivity contribution is 5.80. The minimum atomic E-state index is -0.162. The van der Waals surface area contributed by atoms with Crippen molar-refractivity contribution in [1.82, 2.24) is 19.3 Å². The van der Waals surface area contributed by atoms with Gasteiger partial charge in [-0.1, -0.05) is 51.8 Å². The van der Waals surface area contributed by atoms with Crippen molar-refractivity contribution in [2.45, 2.75) is 52.4 Å². The topological polar surface area (TPSA) is 52.7 Å². The summed E-state index contributed by atoms with van der Waals surface area (Å²) in [4.78, 5) is 17.2. The van der Waals surface area contributed by atoms with Gasteiger partial charge in [-0.05, 0) is 24.5 Å². The van der Waals surface area contributed by atoms with Gasteiger partial charge in [0.2, 0.25) is 0 Å². The number of hydrogen-bond acceptors (Lipinski definition) is 3. The van der Waals surface area contributed by atoms with E-state index >= 15 is 0 Å². The smallest absolute Gasteiger partial charge is 0.284 e. The third-order valence-corrected chi connectivity index (χ3v) is 4.59. The fourth-order valence-electron chi connectivity index (χ4n) is 3.22. The highest BCUT2D eigenvalue weighted by Gasteiger charge is 2.21. The van der Waals surface area contributed by atoms with Gasteiger partial charge < -0.3 is 4.57 Å². The van der Waals surface area contributed by atoms with Gasteiger partial charge in [0.1, 0.15) is 11.2 Å². The number of benzene rings is 1. The van der Waals surface area contributed by atoms with Crippen LogP contribution < -0.4 is 5.56 Å². The second-order valence-electron chi connectivity index (χ2n) is 6.84. The lowest BCUT2D eigenvalue weighted by atomic mass is 10.1. The number of rotatable bonds is 6. The van der Waals surface area contributed by atoms with Crippen LogP contribution in [-0.4, -0.2) is 19.3 Å². The average Bonchev–Trinajstić information content (AvgIpc) is 3.02. The predicted octanol–water partition coefficient (Wildman–Crippen LogP) is 3.98. The van der Waals surface area contributed by atoms with Crippen LogP contribution in [0.1, 0.15) is 57.5 Å². The van der Waals surface area contributed by atoms with Gasteiger partial charge in [0, 0.05) is 13.5 Å². The Balaban J connectivity index is 2.27. The molecule has 0 aliphatic rings. The third kappa shape index (κ3) is 3.23. The maximum atomic E-state index is 12.8. The number of aromatic nitrogens is 4. The predicted molar refractivity (Wildman–Crippen MR) is 101 cm³/mol. The Hall–Kier alpha value is -2.43. The highest BCUT2D eigenvalue weighted by Crippen LogP contribution is 2.25. The van der Waals surface area contributed by atoms with Crippen LogP contribution in [0.25, 0.3) is 16.7 Å². The normalized spacial score (nSPS) is 11.6. The Labute approximate surface area is 148 Å². The summed E-state index contributed by atoms with van der Waals surface area (Å²) >= 11 is 0. The van der Waals surface area contributed by atoms with Crippen LogP contribution in [0.4, 0.5) is 0 Å². The molecule has 0 saturated heterocycles. The maximum absolute atomic E-state index is 12.8. The Kier molecular flexibility index (Phi) is 5.02. The Morgan fingerprint density at radius 1 is 1.12 bits per heavy atom. The molecule has 25 heavy (non-hydrogen) atoms. The van der Waals surface area contributed by atoms with E-state index < -0.39 is 0 Å². The minimum Gasteiger partial charge on any atom is -0.317 e. The first-order valence-corrected chi connectivity index (χ1v) is 9.08. The van der Waals surface area contributed by atoms with Crippen molar-refractivity contribution in [1.29, 1.82) is 0 Å². The fraction of sp³-hybridized carbons (Fsp3) is 0.450. The van der Waals surface area contributed by atoms with Gasteiger partial charge in [0.15, 0.2) is 5.65 Å². The molecule has 3 rings (SSSR count). The summed E-state index contributed by atoms with van der Waals surface area (Å²) in [7, 11) is 1.99. The molecule has 2 aromatic heterocycles. The van der Waals surface area contributed by atoms with Gasteiger partial charge in [-0.2, -0.15) is 10.1 Å². The molecule has 0 N–H and O–H groups in total. The van der Waals surface area contributed by atoms with Gasteiger partial charge in [-0.25, -0.2) is 4.68 Å². The van der Waals surface area contributed by atoms with Gasteiger partial charge in [0.05, 0.1) is 11.4 Å². The van der Waals surface area contributed by atoms with E-state index in [1.54, 1.807) is 0 Å². The molecule has 0 bridgehead atoms. The van der Waals surface area contributed by atoms with Crippen LogP contribution in [0.3, 0.4) is 0 Å². The Morgan fingerprint density at radius 2 is 1.84 bits per heavy atom. The van der Waals surface area contributed by atoms with E-state index in [9.17, 15) is 4.79 Å². The number of aryl methyl sites for hydroxylation is 2. The number of fused-ring (bicyclic) bond motifs is 1. The molecule has 0 aliphatic carbocycles. The largest absolute Gasteiger partial charge is 0.317 e. The van der Waals surface area contributed by atoms with Crippen LogP contribution in [-0.2, 0) is 13.5 Å².